The Morgan fingerprint density at radius 3 is 2.55 bits per heavy atom. The lowest BCUT2D eigenvalue weighted by Crippen LogP contribution is -2.52. The van der Waals surface area contributed by atoms with Crippen molar-refractivity contribution in [1.82, 2.24) is 5.32 Å². The van der Waals surface area contributed by atoms with Gasteiger partial charge in [0.05, 0.1) is 22.8 Å². The first kappa shape index (κ1) is 20.7. The largest absolute Gasteiger partial charge is 0.345 e. The second kappa shape index (κ2) is 8.98. The van der Waals surface area contributed by atoms with Crippen molar-refractivity contribution in [2.75, 3.05) is 11.9 Å². The number of benzene rings is 1. The monoisotopic (exact) mass is 347 g/mol. The molecule has 0 aliphatic heterocycles. The number of hydrogen-bond donors (Lipinski definition) is 3. The summed E-state index contributed by atoms with van der Waals surface area (Å²) < 4.78 is 0. The summed E-state index contributed by atoms with van der Waals surface area (Å²) in [6.45, 7) is 5.37. The van der Waals surface area contributed by atoms with Crippen LogP contribution in [0.5, 0.6) is 0 Å². The molecule has 0 heterocycles. The van der Waals surface area contributed by atoms with E-state index in [-0.39, 0.29) is 30.8 Å². The second-order valence-electron chi connectivity index (χ2n) is 5.38. The van der Waals surface area contributed by atoms with Gasteiger partial charge in [-0.1, -0.05) is 31.0 Å². The topological polar surface area (TPSA) is 84.2 Å². The van der Waals surface area contributed by atoms with E-state index in [0.717, 1.165) is 12.0 Å². The second-order valence-corrected chi connectivity index (χ2v) is 5.79. The van der Waals surface area contributed by atoms with Gasteiger partial charge >= 0.3 is 0 Å². The third-order valence-corrected chi connectivity index (χ3v) is 3.41. The van der Waals surface area contributed by atoms with Crippen LogP contribution in [0.1, 0.15) is 32.3 Å². The smallest absolute Gasteiger partial charge is 0.243 e. The highest BCUT2D eigenvalue weighted by atomic mass is 35.5. The van der Waals surface area contributed by atoms with Gasteiger partial charge in [0.15, 0.2) is 0 Å². The van der Waals surface area contributed by atoms with Gasteiger partial charge in [0.25, 0.3) is 0 Å². The van der Waals surface area contributed by atoms with E-state index < -0.39 is 5.54 Å². The van der Waals surface area contributed by atoms with Gasteiger partial charge in [0.2, 0.25) is 11.8 Å². The lowest BCUT2D eigenvalue weighted by molar-refractivity contribution is -0.128. The number of anilines is 1. The predicted octanol–water partition coefficient (Wildman–Crippen LogP) is 2.64. The molecule has 0 saturated carbocycles. The van der Waals surface area contributed by atoms with Crippen LogP contribution in [0, 0.1) is 6.92 Å². The molecule has 124 valence electrons. The molecule has 0 bridgehead atoms. The fourth-order valence-corrected chi connectivity index (χ4v) is 2.19. The number of nitrogens with two attached hydrogens (primary N) is 1. The molecule has 0 fully saturated rings. The zero-order chi connectivity index (χ0) is 16.0. The number of hydrogen-bond acceptors (Lipinski definition) is 3. The van der Waals surface area contributed by atoms with Gasteiger partial charge in [-0.05, 0) is 38.0 Å². The number of halogens is 2. The molecule has 1 unspecified atom stereocenters. The number of aryl methyl sites for hydroxylation is 1. The SMILES string of the molecule is CCCC(C)(N)C(=O)NCC(=O)Nc1ccc(C)cc1Cl.Cl. The number of carbonyl (C=O) groups is 2. The third-order valence-electron chi connectivity index (χ3n) is 3.10. The Morgan fingerprint density at radius 2 is 2.00 bits per heavy atom. The summed E-state index contributed by atoms with van der Waals surface area (Å²) in [6.07, 6.45) is 1.36. The summed E-state index contributed by atoms with van der Waals surface area (Å²) in [6, 6.07) is 5.33. The Balaban J connectivity index is 0.00000441. The number of carbonyl (C=O) groups excluding carboxylic acids is 2. The van der Waals surface area contributed by atoms with E-state index in [1.165, 1.54) is 0 Å². The number of nitrogens with one attached hydrogen (secondary N) is 2. The highest BCUT2D eigenvalue weighted by Gasteiger charge is 2.27. The van der Waals surface area contributed by atoms with E-state index >= 15 is 0 Å². The van der Waals surface area contributed by atoms with Gasteiger partial charge in [-0.25, -0.2) is 0 Å². The Hall–Kier alpha value is -1.30. The lowest BCUT2D eigenvalue weighted by Gasteiger charge is -2.22. The van der Waals surface area contributed by atoms with Gasteiger partial charge in [-0.2, -0.15) is 0 Å². The van der Waals surface area contributed by atoms with E-state index in [1.54, 1.807) is 19.1 Å². The van der Waals surface area contributed by atoms with Crippen LogP contribution >= 0.6 is 24.0 Å². The maximum atomic E-state index is 11.9. The quantitative estimate of drug-likeness (QED) is 0.739. The van der Waals surface area contributed by atoms with E-state index in [1.807, 2.05) is 19.9 Å². The molecular weight excluding hydrogens is 325 g/mol. The molecule has 22 heavy (non-hydrogen) atoms. The summed E-state index contributed by atoms with van der Waals surface area (Å²) in [7, 11) is 0. The first-order valence-electron chi connectivity index (χ1n) is 6.89. The summed E-state index contributed by atoms with van der Waals surface area (Å²) in [4.78, 5) is 23.7. The van der Waals surface area contributed by atoms with E-state index in [0.29, 0.717) is 17.1 Å². The first-order chi connectivity index (χ1) is 9.76. The van der Waals surface area contributed by atoms with Gasteiger partial charge in [-0.3, -0.25) is 9.59 Å². The third kappa shape index (κ3) is 6.22. The molecule has 0 radical (unpaired) electrons. The van der Waals surface area contributed by atoms with Crippen LogP contribution in [-0.2, 0) is 9.59 Å². The Kier molecular flexibility index (Phi) is 8.45. The standard InChI is InChI=1S/C15H22ClN3O2.ClH/c1-4-7-15(3,17)14(21)18-9-13(20)19-12-6-5-10(2)8-11(12)16;/h5-6,8H,4,7,9,17H2,1-3H3,(H,18,21)(H,19,20);1H. The zero-order valence-electron chi connectivity index (χ0n) is 13.0. The minimum Gasteiger partial charge on any atom is -0.345 e. The van der Waals surface area contributed by atoms with Crippen LogP contribution in [0.4, 0.5) is 5.69 Å². The molecule has 0 aliphatic rings. The van der Waals surface area contributed by atoms with Crippen LogP contribution in [0.15, 0.2) is 18.2 Å². The summed E-state index contributed by atoms with van der Waals surface area (Å²) in [5.41, 5.74) is 6.45. The predicted molar refractivity (Wildman–Crippen MR) is 92.6 cm³/mol. The van der Waals surface area contributed by atoms with Crippen molar-refractivity contribution in [2.24, 2.45) is 5.73 Å². The first-order valence-corrected chi connectivity index (χ1v) is 7.27. The molecular formula is C15H23Cl2N3O2. The molecule has 1 rings (SSSR count). The molecule has 0 aromatic heterocycles. The lowest BCUT2D eigenvalue weighted by atomic mass is 9.96. The van der Waals surface area contributed by atoms with Crippen LogP contribution in [0.3, 0.4) is 0 Å². The Bertz CT molecular complexity index is 534. The average molecular weight is 348 g/mol. The normalized spacial score (nSPS) is 12.8. The van der Waals surface area contributed by atoms with E-state index in [2.05, 4.69) is 10.6 Å². The Morgan fingerprint density at radius 1 is 1.36 bits per heavy atom. The highest BCUT2D eigenvalue weighted by molar-refractivity contribution is 6.33. The van der Waals surface area contributed by atoms with Gasteiger partial charge in [-0.15, -0.1) is 12.4 Å². The minimum absolute atomic E-state index is 0. The number of rotatable bonds is 6. The van der Waals surface area contributed by atoms with Gasteiger partial charge in [0.1, 0.15) is 0 Å². The fourth-order valence-electron chi connectivity index (χ4n) is 1.91. The molecule has 4 N–H and O–H groups in total. The van der Waals surface area contributed by atoms with E-state index in [9.17, 15) is 9.59 Å². The summed E-state index contributed by atoms with van der Waals surface area (Å²) in [5, 5.41) is 5.65. The van der Waals surface area contributed by atoms with Crippen molar-refractivity contribution in [3.8, 4) is 0 Å². The van der Waals surface area contributed by atoms with Crippen molar-refractivity contribution in [3.63, 3.8) is 0 Å². The zero-order valence-corrected chi connectivity index (χ0v) is 14.6. The van der Waals surface area contributed by atoms with Crippen molar-refractivity contribution in [2.45, 2.75) is 39.2 Å². The Labute approximate surface area is 142 Å². The summed E-state index contributed by atoms with van der Waals surface area (Å²) in [5.74, 6) is -0.684. The van der Waals surface area contributed by atoms with Crippen molar-refractivity contribution in [1.29, 1.82) is 0 Å². The molecule has 2 amide bonds. The minimum atomic E-state index is -0.962. The fraction of sp³-hybridized carbons (Fsp3) is 0.467. The van der Waals surface area contributed by atoms with Crippen molar-refractivity contribution in [3.05, 3.63) is 28.8 Å². The summed E-state index contributed by atoms with van der Waals surface area (Å²) >= 11 is 6.03. The van der Waals surface area contributed by atoms with Crippen molar-refractivity contribution >= 4 is 41.5 Å². The molecule has 0 aliphatic carbocycles. The molecule has 1 aromatic carbocycles. The van der Waals surface area contributed by atoms with Gasteiger partial charge in [0, 0.05) is 0 Å². The highest BCUT2D eigenvalue weighted by Crippen LogP contribution is 2.22. The molecule has 7 heteroatoms. The number of amides is 2. The van der Waals surface area contributed by atoms with Gasteiger partial charge < -0.3 is 16.4 Å². The molecule has 5 nitrogen and oxygen atoms in total. The molecule has 1 atom stereocenters. The van der Waals surface area contributed by atoms with E-state index in [4.69, 9.17) is 17.3 Å². The maximum Gasteiger partial charge on any atom is 0.243 e. The van der Waals surface area contributed by atoms with Crippen LogP contribution in [-0.4, -0.2) is 23.9 Å². The van der Waals surface area contributed by atoms with Crippen LogP contribution < -0.4 is 16.4 Å². The average Bonchev–Trinajstić information content (AvgIpc) is 2.39. The maximum absolute atomic E-state index is 11.9. The molecule has 1 aromatic rings. The van der Waals surface area contributed by atoms with Crippen LogP contribution in [0.2, 0.25) is 5.02 Å². The molecule has 0 spiro atoms. The molecule has 0 saturated heterocycles. The van der Waals surface area contributed by atoms with Crippen LogP contribution in [0.25, 0.3) is 0 Å². The van der Waals surface area contributed by atoms with Crippen molar-refractivity contribution < 1.29 is 9.59 Å².